The summed E-state index contributed by atoms with van der Waals surface area (Å²) in [4.78, 5) is 18.7. The number of aromatic nitrogens is 1. The number of carbonyl (C=O) groups excluding carboxylic acids is 1. The van der Waals surface area contributed by atoms with Gasteiger partial charge in [0.1, 0.15) is 0 Å². The van der Waals surface area contributed by atoms with E-state index < -0.39 is 0 Å². The molecule has 1 aromatic carbocycles. The zero-order valence-electron chi connectivity index (χ0n) is 11.1. The number of rotatable bonds is 4. The average molecular weight is 339 g/mol. The molecule has 0 saturated heterocycles. The summed E-state index contributed by atoms with van der Waals surface area (Å²) in [5.41, 5.74) is 2.03. The molecule has 3 nitrogen and oxygen atoms in total. The van der Waals surface area contributed by atoms with Crippen LogP contribution in [0.25, 0.3) is 0 Å². The van der Waals surface area contributed by atoms with Crippen LogP contribution in [0, 0.1) is 6.92 Å². The summed E-state index contributed by atoms with van der Waals surface area (Å²) in [6, 6.07) is 8.20. The quantitative estimate of drug-likeness (QED) is 0.788. The molecule has 0 bridgehead atoms. The summed E-state index contributed by atoms with van der Waals surface area (Å²) in [5, 5.41) is 0.880. The van der Waals surface area contributed by atoms with Crippen LogP contribution in [0.4, 0.5) is 5.13 Å². The molecular formula is C14H15BrN2OS. The average Bonchev–Trinajstić information content (AvgIpc) is 2.74. The summed E-state index contributed by atoms with van der Waals surface area (Å²) >= 11 is 4.88. The summed E-state index contributed by atoms with van der Waals surface area (Å²) in [6.07, 6.45) is 0. The van der Waals surface area contributed by atoms with Crippen molar-refractivity contribution in [2.75, 3.05) is 11.9 Å². The zero-order valence-corrected chi connectivity index (χ0v) is 13.5. The number of thiazole rings is 1. The maximum Gasteiger partial charge on any atom is 0.186 e. The fraction of sp³-hybridized carbons (Fsp3) is 0.286. The molecule has 0 aliphatic carbocycles. The maximum absolute atomic E-state index is 11.4. The third kappa shape index (κ3) is 3.42. The van der Waals surface area contributed by atoms with Crippen LogP contribution >= 0.6 is 27.3 Å². The van der Waals surface area contributed by atoms with Crippen molar-refractivity contribution in [1.29, 1.82) is 0 Å². The van der Waals surface area contributed by atoms with E-state index in [4.69, 9.17) is 0 Å². The predicted octanol–water partition coefficient (Wildman–Crippen LogP) is 4.05. The lowest BCUT2D eigenvalue weighted by atomic mass is 10.2. The molecule has 0 spiro atoms. The SMILES string of the molecule is CC(=O)c1sc(N(C)Cc2ccc(Br)cc2)nc1C. The van der Waals surface area contributed by atoms with Crippen LogP contribution in [-0.4, -0.2) is 17.8 Å². The van der Waals surface area contributed by atoms with Gasteiger partial charge in [0.25, 0.3) is 0 Å². The molecule has 0 atom stereocenters. The van der Waals surface area contributed by atoms with Gasteiger partial charge in [0.05, 0.1) is 10.6 Å². The van der Waals surface area contributed by atoms with E-state index in [1.165, 1.54) is 16.9 Å². The van der Waals surface area contributed by atoms with Gasteiger partial charge in [-0.1, -0.05) is 39.4 Å². The number of Topliss-reactive ketones (excluding diaryl/α,β-unsaturated/α-hetero) is 1. The number of ketones is 1. The Bertz CT molecular complexity index is 592. The number of aryl methyl sites for hydroxylation is 1. The molecule has 0 radical (unpaired) electrons. The lowest BCUT2D eigenvalue weighted by molar-refractivity contribution is 0.102. The minimum Gasteiger partial charge on any atom is -0.347 e. The van der Waals surface area contributed by atoms with E-state index in [-0.39, 0.29) is 5.78 Å². The fourth-order valence-electron chi connectivity index (χ4n) is 1.80. The minimum atomic E-state index is 0.0818. The number of anilines is 1. The Hall–Kier alpha value is -1.20. The molecule has 0 N–H and O–H groups in total. The molecule has 0 unspecified atom stereocenters. The summed E-state index contributed by atoms with van der Waals surface area (Å²) in [7, 11) is 1.99. The third-order valence-corrected chi connectivity index (χ3v) is 4.67. The normalized spacial score (nSPS) is 10.5. The fourth-order valence-corrected chi connectivity index (χ4v) is 2.99. The molecule has 1 aromatic heterocycles. The van der Waals surface area contributed by atoms with Gasteiger partial charge < -0.3 is 4.90 Å². The molecule has 19 heavy (non-hydrogen) atoms. The Morgan fingerprint density at radius 1 is 1.37 bits per heavy atom. The molecule has 0 aliphatic rings. The Morgan fingerprint density at radius 2 is 2.00 bits per heavy atom. The molecule has 2 rings (SSSR count). The van der Waals surface area contributed by atoms with Gasteiger partial charge in [-0.15, -0.1) is 0 Å². The van der Waals surface area contributed by atoms with E-state index in [0.29, 0.717) is 0 Å². The van der Waals surface area contributed by atoms with E-state index in [9.17, 15) is 4.79 Å². The summed E-state index contributed by atoms with van der Waals surface area (Å²) in [6.45, 7) is 4.24. The molecule has 0 saturated carbocycles. The third-order valence-electron chi connectivity index (χ3n) is 2.76. The van der Waals surface area contributed by atoms with Crippen molar-refractivity contribution in [3.8, 4) is 0 Å². The number of carbonyl (C=O) groups is 1. The molecule has 100 valence electrons. The van der Waals surface area contributed by atoms with Gasteiger partial charge >= 0.3 is 0 Å². The second-order valence-corrected chi connectivity index (χ2v) is 6.34. The summed E-state index contributed by atoms with van der Waals surface area (Å²) < 4.78 is 1.07. The molecule has 0 amide bonds. The van der Waals surface area contributed by atoms with Gasteiger partial charge in [0.2, 0.25) is 0 Å². The minimum absolute atomic E-state index is 0.0818. The van der Waals surface area contributed by atoms with Crippen LogP contribution in [0.5, 0.6) is 0 Å². The van der Waals surface area contributed by atoms with E-state index in [1.54, 1.807) is 6.92 Å². The van der Waals surface area contributed by atoms with Crippen LogP contribution < -0.4 is 4.90 Å². The highest BCUT2D eigenvalue weighted by molar-refractivity contribution is 9.10. The van der Waals surface area contributed by atoms with Gasteiger partial charge in [-0.25, -0.2) is 4.98 Å². The maximum atomic E-state index is 11.4. The molecule has 0 fully saturated rings. The number of nitrogens with zero attached hydrogens (tertiary/aromatic N) is 2. The number of hydrogen-bond donors (Lipinski definition) is 0. The van der Waals surface area contributed by atoms with Crippen molar-refractivity contribution in [2.24, 2.45) is 0 Å². The lowest BCUT2D eigenvalue weighted by Crippen LogP contribution is -2.15. The summed E-state index contributed by atoms with van der Waals surface area (Å²) in [5.74, 6) is 0.0818. The number of halogens is 1. The van der Waals surface area contributed by atoms with E-state index in [0.717, 1.165) is 26.7 Å². The van der Waals surface area contributed by atoms with Gasteiger partial charge in [0, 0.05) is 25.0 Å². The van der Waals surface area contributed by atoms with E-state index in [2.05, 4.69) is 37.9 Å². The van der Waals surface area contributed by atoms with Crippen molar-refractivity contribution in [1.82, 2.24) is 4.98 Å². The topological polar surface area (TPSA) is 33.2 Å². The zero-order chi connectivity index (χ0) is 14.0. The van der Waals surface area contributed by atoms with Gasteiger partial charge in [-0.2, -0.15) is 0 Å². The van der Waals surface area contributed by atoms with Crippen molar-refractivity contribution < 1.29 is 4.79 Å². The van der Waals surface area contributed by atoms with Crippen molar-refractivity contribution in [3.05, 3.63) is 44.9 Å². The first kappa shape index (κ1) is 14.2. The van der Waals surface area contributed by atoms with Crippen LogP contribution in [0.3, 0.4) is 0 Å². The van der Waals surface area contributed by atoms with Crippen LogP contribution in [-0.2, 0) is 6.54 Å². The highest BCUT2D eigenvalue weighted by atomic mass is 79.9. The lowest BCUT2D eigenvalue weighted by Gasteiger charge is -2.15. The molecule has 0 aliphatic heterocycles. The van der Waals surface area contributed by atoms with Crippen molar-refractivity contribution in [3.63, 3.8) is 0 Å². The standard InChI is InChI=1S/C14H15BrN2OS/c1-9-13(10(2)18)19-14(16-9)17(3)8-11-4-6-12(15)7-5-11/h4-7H,8H2,1-3H3. The van der Waals surface area contributed by atoms with E-state index >= 15 is 0 Å². The van der Waals surface area contributed by atoms with E-state index in [1.807, 2.05) is 26.1 Å². The smallest absolute Gasteiger partial charge is 0.186 e. The second kappa shape index (κ2) is 5.84. The monoisotopic (exact) mass is 338 g/mol. The van der Waals surface area contributed by atoms with Crippen LogP contribution in [0.2, 0.25) is 0 Å². The molecule has 2 aromatic rings. The Kier molecular flexibility index (Phi) is 4.37. The Labute approximate surface area is 125 Å². The first-order valence-corrected chi connectivity index (χ1v) is 7.52. The molecular weight excluding hydrogens is 324 g/mol. The van der Waals surface area contributed by atoms with Crippen LogP contribution in [0.1, 0.15) is 27.9 Å². The number of benzene rings is 1. The Balaban J connectivity index is 2.15. The van der Waals surface area contributed by atoms with Gasteiger partial charge in [-0.3, -0.25) is 4.79 Å². The molecule has 1 heterocycles. The number of hydrogen-bond acceptors (Lipinski definition) is 4. The predicted molar refractivity (Wildman–Crippen MR) is 83.1 cm³/mol. The largest absolute Gasteiger partial charge is 0.347 e. The second-order valence-electron chi connectivity index (χ2n) is 4.45. The molecule has 5 heteroatoms. The highest BCUT2D eigenvalue weighted by Gasteiger charge is 2.14. The van der Waals surface area contributed by atoms with Crippen molar-refractivity contribution in [2.45, 2.75) is 20.4 Å². The van der Waals surface area contributed by atoms with Gasteiger partial charge in [-0.05, 0) is 24.6 Å². The first-order chi connectivity index (χ1) is 8.97. The first-order valence-electron chi connectivity index (χ1n) is 5.91. The van der Waals surface area contributed by atoms with Crippen molar-refractivity contribution >= 4 is 38.2 Å². The van der Waals surface area contributed by atoms with Gasteiger partial charge in [0.15, 0.2) is 10.9 Å². The highest BCUT2D eigenvalue weighted by Crippen LogP contribution is 2.26. The Morgan fingerprint density at radius 3 is 2.53 bits per heavy atom. The van der Waals surface area contributed by atoms with Crippen LogP contribution in [0.15, 0.2) is 28.7 Å².